The fourth-order valence-electron chi connectivity index (χ4n) is 7.33. The Kier molecular flexibility index (Phi) is 3.00. The number of amides is 2. The van der Waals surface area contributed by atoms with Gasteiger partial charge in [-0.15, -0.1) is 0 Å². The van der Waals surface area contributed by atoms with E-state index in [1.165, 1.54) is 12.8 Å². The van der Waals surface area contributed by atoms with Gasteiger partial charge in [0.1, 0.15) is 0 Å². The fraction of sp³-hybridized carbons (Fsp3) is 0.895. The van der Waals surface area contributed by atoms with Crippen LogP contribution in [0.15, 0.2) is 0 Å². The lowest BCUT2D eigenvalue weighted by atomic mass is 9.45. The van der Waals surface area contributed by atoms with Gasteiger partial charge in [0.15, 0.2) is 0 Å². The van der Waals surface area contributed by atoms with Gasteiger partial charge in [0, 0.05) is 25.0 Å². The van der Waals surface area contributed by atoms with E-state index >= 15 is 0 Å². The largest absolute Gasteiger partial charge is 0.351 e. The van der Waals surface area contributed by atoms with Crippen LogP contribution in [0.3, 0.4) is 0 Å². The molecule has 6 fully saturated rings. The van der Waals surface area contributed by atoms with Crippen molar-refractivity contribution in [2.45, 2.75) is 75.9 Å². The Bertz CT molecular complexity index is 589. The number of rotatable bonds is 3. The van der Waals surface area contributed by atoms with Gasteiger partial charge in [0.2, 0.25) is 11.8 Å². The van der Waals surface area contributed by atoms with Crippen LogP contribution in [0.4, 0.5) is 0 Å². The summed E-state index contributed by atoms with van der Waals surface area (Å²) in [4.78, 5) is 27.0. The molecule has 0 aromatic rings. The SMILES string of the molecule is CC(=O)NC12CC3CC(C1)CC([C@H](N)C(=O)N1CC[C@@H]4C[C@@H]41)(C3)C2. The molecule has 4 bridgehead atoms. The van der Waals surface area contributed by atoms with Gasteiger partial charge in [-0.25, -0.2) is 0 Å². The van der Waals surface area contributed by atoms with E-state index in [0.717, 1.165) is 51.0 Å². The average molecular weight is 331 g/mol. The Morgan fingerprint density at radius 3 is 2.42 bits per heavy atom. The van der Waals surface area contributed by atoms with Crippen molar-refractivity contribution in [3.63, 3.8) is 0 Å². The number of carbonyl (C=O) groups excluding carboxylic acids is 2. The van der Waals surface area contributed by atoms with Crippen LogP contribution in [0.25, 0.3) is 0 Å². The maximum atomic E-state index is 13.1. The maximum Gasteiger partial charge on any atom is 0.240 e. The Labute approximate surface area is 143 Å². The molecule has 5 nitrogen and oxygen atoms in total. The second kappa shape index (κ2) is 4.75. The summed E-state index contributed by atoms with van der Waals surface area (Å²) in [5.41, 5.74) is 6.48. The van der Waals surface area contributed by atoms with Gasteiger partial charge in [0.25, 0.3) is 0 Å². The van der Waals surface area contributed by atoms with Crippen LogP contribution in [0.1, 0.15) is 58.3 Å². The standard InChI is InChI=1S/C19H29N3O2/c1-11(23)21-19-8-12-4-13(9-19)7-18(6-12,10-19)16(20)17(24)22-3-2-14-5-15(14)22/h12-16H,2-10,20H2,1H3,(H,21,23)/t12?,13?,14-,15+,16-,18?,19?/m1/s1. The molecule has 1 saturated heterocycles. The number of hydrogen-bond acceptors (Lipinski definition) is 3. The maximum absolute atomic E-state index is 13.1. The first-order valence-corrected chi connectivity index (χ1v) is 9.75. The minimum atomic E-state index is -0.379. The molecule has 24 heavy (non-hydrogen) atoms. The molecule has 0 aromatic carbocycles. The average Bonchev–Trinajstić information content (AvgIpc) is 3.13. The molecular weight excluding hydrogens is 302 g/mol. The highest BCUT2D eigenvalue weighted by Crippen LogP contribution is 2.63. The summed E-state index contributed by atoms with van der Waals surface area (Å²) in [5.74, 6) is 2.27. The van der Waals surface area contributed by atoms with Gasteiger partial charge in [-0.2, -0.15) is 0 Å². The number of fused-ring (bicyclic) bond motifs is 1. The highest BCUT2D eigenvalue weighted by molar-refractivity contribution is 5.84. The van der Waals surface area contributed by atoms with Crippen molar-refractivity contribution in [3.05, 3.63) is 0 Å². The Hall–Kier alpha value is -1.10. The highest BCUT2D eigenvalue weighted by Gasteiger charge is 2.62. The normalized spacial score (nSPS) is 49.0. The number of nitrogens with one attached hydrogen (secondary N) is 1. The van der Waals surface area contributed by atoms with E-state index < -0.39 is 0 Å². The molecule has 5 heteroatoms. The number of hydrogen-bond donors (Lipinski definition) is 2. The number of piperidine rings is 1. The highest BCUT2D eigenvalue weighted by atomic mass is 16.2. The molecule has 6 rings (SSSR count). The lowest BCUT2D eigenvalue weighted by molar-refractivity contribution is -0.147. The van der Waals surface area contributed by atoms with Gasteiger partial charge in [-0.1, -0.05) is 0 Å². The van der Waals surface area contributed by atoms with Crippen molar-refractivity contribution >= 4 is 11.8 Å². The molecule has 5 saturated carbocycles. The van der Waals surface area contributed by atoms with Gasteiger partial charge >= 0.3 is 0 Å². The van der Waals surface area contributed by atoms with E-state index in [1.54, 1.807) is 6.92 Å². The zero-order chi connectivity index (χ0) is 16.7. The van der Waals surface area contributed by atoms with E-state index in [9.17, 15) is 9.59 Å². The lowest BCUT2D eigenvalue weighted by Crippen LogP contribution is -2.68. The summed E-state index contributed by atoms with van der Waals surface area (Å²) < 4.78 is 0. The first-order chi connectivity index (χ1) is 11.4. The Morgan fingerprint density at radius 1 is 1.17 bits per heavy atom. The first-order valence-electron chi connectivity index (χ1n) is 9.75. The first kappa shape index (κ1) is 15.2. The molecule has 1 heterocycles. The Balaban J connectivity index is 1.41. The minimum Gasteiger partial charge on any atom is -0.351 e. The predicted octanol–water partition coefficient (Wildman–Crippen LogP) is 1.41. The Morgan fingerprint density at radius 2 is 1.88 bits per heavy atom. The third-order valence-corrected chi connectivity index (χ3v) is 7.78. The summed E-state index contributed by atoms with van der Waals surface area (Å²) in [5, 5.41) is 3.27. The number of likely N-dealkylation sites (tertiary alicyclic amines) is 1. The molecule has 3 N–H and O–H groups in total. The van der Waals surface area contributed by atoms with Crippen molar-refractivity contribution in [2.75, 3.05) is 6.54 Å². The zero-order valence-electron chi connectivity index (χ0n) is 14.6. The van der Waals surface area contributed by atoms with Crippen molar-refractivity contribution in [1.29, 1.82) is 0 Å². The lowest BCUT2D eigenvalue weighted by Gasteiger charge is -2.63. The van der Waals surface area contributed by atoms with E-state index in [-0.39, 0.29) is 28.8 Å². The summed E-state index contributed by atoms with van der Waals surface area (Å²) in [6, 6.07) is 0.109. The monoisotopic (exact) mass is 331 g/mol. The van der Waals surface area contributed by atoms with Crippen LogP contribution in [0.2, 0.25) is 0 Å². The fourth-order valence-corrected chi connectivity index (χ4v) is 7.33. The molecule has 2 unspecified atom stereocenters. The smallest absolute Gasteiger partial charge is 0.240 e. The van der Waals surface area contributed by atoms with Crippen LogP contribution in [-0.2, 0) is 9.59 Å². The second-order valence-electron chi connectivity index (χ2n) is 9.65. The van der Waals surface area contributed by atoms with Crippen molar-refractivity contribution in [2.24, 2.45) is 28.9 Å². The summed E-state index contributed by atoms with van der Waals surface area (Å²) in [6.45, 7) is 2.52. The quantitative estimate of drug-likeness (QED) is 0.821. The van der Waals surface area contributed by atoms with Gasteiger partial charge in [-0.05, 0) is 74.5 Å². The van der Waals surface area contributed by atoms with E-state index in [1.807, 2.05) is 0 Å². The molecule has 0 aromatic heterocycles. The number of carbonyl (C=O) groups is 2. The summed E-state index contributed by atoms with van der Waals surface area (Å²) >= 11 is 0. The molecule has 0 radical (unpaired) electrons. The van der Waals surface area contributed by atoms with E-state index in [2.05, 4.69) is 10.2 Å². The molecular formula is C19H29N3O2. The zero-order valence-corrected chi connectivity index (χ0v) is 14.6. The van der Waals surface area contributed by atoms with Crippen molar-refractivity contribution in [3.8, 4) is 0 Å². The van der Waals surface area contributed by atoms with Crippen LogP contribution in [0.5, 0.6) is 0 Å². The third kappa shape index (κ3) is 2.09. The molecule has 5 aliphatic carbocycles. The van der Waals surface area contributed by atoms with Crippen LogP contribution in [0, 0.1) is 23.2 Å². The number of nitrogens with zero attached hydrogens (tertiary/aromatic N) is 1. The second-order valence-corrected chi connectivity index (χ2v) is 9.65. The topological polar surface area (TPSA) is 75.4 Å². The molecule has 6 aliphatic rings. The number of nitrogens with two attached hydrogens (primary N) is 1. The van der Waals surface area contributed by atoms with E-state index in [0.29, 0.717) is 17.9 Å². The van der Waals surface area contributed by atoms with E-state index in [4.69, 9.17) is 5.73 Å². The van der Waals surface area contributed by atoms with Gasteiger partial charge in [-0.3, -0.25) is 9.59 Å². The van der Waals surface area contributed by atoms with Crippen LogP contribution in [-0.4, -0.2) is 40.9 Å². The van der Waals surface area contributed by atoms with Crippen molar-refractivity contribution in [1.82, 2.24) is 10.2 Å². The molecule has 2 amide bonds. The van der Waals surface area contributed by atoms with Crippen LogP contribution < -0.4 is 11.1 Å². The van der Waals surface area contributed by atoms with Crippen LogP contribution >= 0.6 is 0 Å². The molecule has 132 valence electrons. The molecule has 5 atom stereocenters. The third-order valence-electron chi connectivity index (χ3n) is 7.78. The van der Waals surface area contributed by atoms with Gasteiger partial charge < -0.3 is 16.0 Å². The summed E-state index contributed by atoms with van der Waals surface area (Å²) in [7, 11) is 0. The molecule has 1 aliphatic heterocycles. The van der Waals surface area contributed by atoms with Gasteiger partial charge in [0.05, 0.1) is 6.04 Å². The minimum absolute atomic E-state index is 0.0624. The summed E-state index contributed by atoms with van der Waals surface area (Å²) in [6.07, 6.45) is 8.85. The molecule has 0 spiro atoms. The predicted molar refractivity (Wildman–Crippen MR) is 89.9 cm³/mol. The van der Waals surface area contributed by atoms with Crippen molar-refractivity contribution < 1.29 is 9.59 Å².